The number of nitrogens with one attached hydrogen (secondary N) is 1. The predicted octanol–water partition coefficient (Wildman–Crippen LogP) is 2.26. The zero-order valence-corrected chi connectivity index (χ0v) is 13.7. The molecule has 1 aromatic carbocycles. The van der Waals surface area contributed by atoms with Gasteiger partial charge in [-0.1, -0.05) is 12.1 Å². The molecule has 0 radical (unpaired) electrons. The Morgan fingerprint density at radius 2 is 1.96 bits per heavy atom. The van der Waals surface area contributed by atoms with Gasteiger partial charge in [0.15, 0.2) is 0 Å². The van der Waals surface area contributed by atoms with Crippen molar-refractivity contribution in [2.45, 2.75) is 6.54 Å². The Hall–Kier alpha value is -3.15. The van der Waals surface area contributed by atoms with E-state index in [1.807, 2.05) is 43.3 Å². The maximum Gasteiger partial charge on any atom is 0.253 e. The van der Waals surface area contributed by atoms with E-state index >= 15 is 0 Å². The Morgan fingerprint density at radius 1 is 1.17 bits per heavy atom. The smallest absolute Gasteiger partial charge is 0.253 e. The first kappa shape index (κ1) is 15.7. The van der Waals surface area contributed by atoms with E-state index in [2.05, 4.69) is 15.3 Å². The van der Waals surface area contributed by atoms with Crippen molar-refractivity contribution in [2.75, 3.05) is 19.0 Å². The summed E-state index contributed by atoms with van der Waals surface area (Å²) in [6.07, 6.45) is 6.72. The lowest BCUT2D eigenvalue weighted by Crippen LogP contribution is -2.23. The molecule has 2 heterocycles. The van der Waals surface area contributed by atoms with E-state index in [-0.39, 0.29) is 5.91 Å². The van der Waals surface area contributed by atoms with Crippen molar-refractivity contribution in [2.24, 2.45) is 0 Å². The summed E-state index contributed by atoms with van der Waals surface area (Å²) in [5.74, 6) is 0.583. The van der Waals surface area contributed by atoms with E-state index in [9.17, 15) is 4.79 Å². The van der Waals surface area contributed by atoms with Gasteiger partial charge in [-0.15, -0.1) is 0 Å². The maximum absolute atomic E-state index is 12.2. The number of benzene rings is 1. The minimum Gasteiger partial charge on any atom is -0.378 e. The van der Waals surface area contributed by atoms with Crippen LogP contribution in [-0.2, 0) is 6.54 Å². The van der Waals surface area contributed by atoms with Gasteiger partial charge in [0.1, 0.15) is 12.1 Å². The quantitative estimate of drug-likeness (QED) is 0.783. The highest BCUT2D eigenvalue weighted by atomic mass is 16.1. The summed E-state index contributed by atoms with van der Waals surface area (Å²) >= 11 is 0. The fourth-order valence-electron chi connectivity index (χ4n) is 2.26. The van der Waals surface area contributed by atoms with Gasteiger partial charge in [0.05, 0.1) is 5.56 Å². The van der Waals surface area contributed by atoms with Crippen LogP contribution in [-0.4, -0.2) is 34.5 Å². The van der Waals surface area contributed by atoms with Crippen LogP contribution in [0.1, 0.15) is 15.9 Å². The molecule has 0 atom stereocenters. The Morgan fingerprint density at radius 3 is 2.54 bits per heavy atom. The number of hydrogen-bond donors (Lipinski definition) is 1. The third kappa shape index (κ3) is 3.60. The monoisotopic (exact) mass is 321 g/mol. The number of amides is 1. The second kappa shape index (κ2) is 6.95. The first-order chi connectivity index (χ1) is 11.6. The molecule has 0 aliphatic heterocycles. The molecule has 6 heteroatoms. The van der Waals surface area contributed by atoms with Crippen molar-refractivity contribution in [1.82, 2.24) is 19.9 Å². The average molecular weight is 321 g/mol. The molecule has 6 nitrogen and oxygen atoms in total. The molecule has 0 unspecified atom stereocenters. The lowest BCUT2D eigenvalue weighted by atomic mass is 10.2. The number of aromatic nitrogens is 3. The van der Waals surface area contributed by atoms with Crippen LogP contribution in [0.15, 0.2) is 61.3 Å². The van der Waals surface area contributed by atoms with Crippen LogP contribution in [0.25, 0.3) is 5.82 Å². The summed E-state index contributed by atoms with van der Waals surface area (Å²) in [5, 5.41) is 2.91. The molecular formula is C18H19N5O. The van der Waals surface area contributed by atoms with Gasteiger partial charge in [0, 0.05) is 44.9 Å². The summed E-state index contributed by atoms with van der Waals surface area (Å²) in [6, 6.07) is 11.6. The minimum absolute atomic E-state index is 0.142. The van der Waals surface area contributed by atoms with Crippen LogP contribution in [0.4, 0.5) is 5.69 Å². The number of carbonyl (C=O) groups excluding carboxylic acids is 1. The van der Waals surface area contributed by atoms with Crippen molar-refractivity contribution in [3.05, 3.63) is 72.4 Å². The predicted molar refractivity (Wildman–Crippen MR) is 93.3 cm³/mol. The van der Waals surface area contributed by atoms with Crippen LogP contribution in [0.2, 0.25) is 0 Å². The normalized spacial score (nSPS) is 10.4. The highest BCUT2D eigenvalue weighted by molar-refractivity contribution is 5.93. The number of anilines is 1. The van der Waals surface area contributed by atoms with Crippen LogP contribution in [0.3, 0.4) is 0 Å². The van der Waals surface area contributed by atoms with Gasteiger partial charge in [-0.05, 0) is 29.8 Å². The molecule has 24 heavy (non-hydrogen) atoms. The van der Waals surface area contributed by atoms with Gasteiger partial charge in [-0.2, -0.15) is 0 Å². The van der Waals surface area contributed by atoms with Crippen LogP contribution >= 0.6 is 0 Å². The van der Waals surface area contributed by atoms with Crippen molar-refractivity contribution in [3.63, 3.8) is 0 Å². The fourth-order valence-corrected chi connectivity index (χ4v) is 2.26. The van der Waals surface area contributed by atoms with Crippen LogP contribution in [0.5, 0.6) is 0 Å². The first-order valence-corrected chi connectivity index (χ1v) is 7.62. The lowest BCUT2D eigenvalue weighted by Gasteiger charge is -2.13. The van der Waals surface area contributed by atoms with E-state index in [1.165, 1.54) is 0 Å². The van der Waals surface area contributed by atoms with Gasteiger partial charge in [-0.3, -0.25) is 9.36 Å². The van der Waals surface area contributed by atoms with E-state index in [0.29, 0.717) is 12.1 Å². The molecule has 0 spiro atoms. The molecule has 122 valence electrons. The SMILES string of the molecule is CN(C)c1ccc(CNC(=O)c2ccc(-n3ccnc3)nc2)cc1. The Labute approximate surface area is 140 Å². The topological polar surface area (TPSA) is 63.1 Å². The molecule has 0 saturated carbocycles. The molecule has 0 aliphatic carbocycles. The standard InChI is InChI=1S/C18H19N5O/c1-22(2)16-6-3-14(4-7-16)11-21-18(24)15-5-8-17(20-12-15)23-10-9-19-13-23/h3-10,12-13H,11H2,1-2H3,(H,21,24). The van der Waals surface area contributed by atoms with Gasteiger partial charge < -0.3 is 10.2 Å². The second-order valence-electron chi connectivity index (χ2n) is 5.62. The maximum atomic E-state index is 12.2. The molecule has 2 aromatic heterocycles. The Kier molecular flexibility index (Phi) is 4.56. The van der Waals surface area contributed by atoms with Crippen molar-refractivity contribution in [3.8, 4) is 5.82 Å². The zero-order chi connectivity index (χ0) is 16.9. The first-order valence-electron chi connectivity index (χ1n) is 7.62. The molecule has 1 N–H and O–H groups in total. The Balaban J connectivity index is 1.60. The van der Waals surface area contributed by atoms with Crippen molar-refractivity contribution in [1.29, 1.82) is 0 Å². The van der Waals surface area contributed by atoms with E-state index in [4.69, 9.17) is 0 Å². The summed E-state index contributed by atoms with van der Waals surface area (Å²) < 4.78 is 1.79. The molecule has 0 saturated heterocycles. The summed E-state index contributed by atoms with van der Waals surface area (Å²) in [5.41, 5.74) is 2.71. The van der Waals surface area contributed by atoms with Gasteiger partial charge in [-0.25, -0.2) is 9.97 Å². The number of imidazole rings is 1. The largest absolute Gasteiger partial charge is 0.378 e. The van der Waals surface area contributed by atoms with Gasteiger partial charge >= 0.3 is 0 Å². The minimum atomic E-state index is -0.142. The lowest BCUT2D eigenvalue weighted by molar-refractivity contribution is 0.0950. The average Bonchev–Trinajstić information content (AvgIpc) is 3.15. The summed E-state index contributed by atoms with van der Waals surface area (Å²) in [6.45, 7) is 0.482. The molecule has 0 aliphatic rings. The molecule has 1 amide bonds. The Bertz CT molecular complexity index is 792. The number of rotatable bonds is 5. The van der Waals surface area contributed by atoms with Gasteiger partial charge in [0.25, 0.3) is 5.91 Å². The number of pyridine rings is 1. The fraction of sp³-hybridized carbons (Fsp3) is 0.167. The molecular weight excluding hydrogens is 302 g/mol. The van der Waals surface area contributed by atoms with Crippen LogP contribution < -0.4 is 10.2 Å². The van der Waals surface area contributed by atoms with Crippen molar-refractivity contribution < 1.29 is 4.79 Å². The number of hydrogen-bond acceptors (Lipinski definition) is 4. The third-order valence-corrected chi connectivity index (χ3v) is 3.68. The van der Waals surface area contributed by atoms with E-state index in [1.54, 1.807) is 41.6 Å². The number of carbonyl (C=O) groups is 1. The van der Waals surface area contributed by atoms with Gasteiger partial charge in [0.2, 0.25) is 0 Å². The summed E-state index contributed by atoms with van der Waals surface area (Å²) in [4.78, 5) is 22.5. The zero-order valence-electron chi connectivity index (χ0n) is 13.7. The van der Waals surface area contributed by atoms with Crippen LogP contribution in [0, 0.1) is 0 Å². The molecule has 0 fully saturated rings. The molecule has 0 bridgehead atoms. The highest BCUT2D eigenvalue weighted by Gasteiger charge is 2.07. The second-order valence-corrected chi connectivity index (χ2v) is 5.62. The van der Waals surface area contributed by atoms with E-state index in [0.717, 1.165) is 17.1 Å². The number of nitrogens with zero attached hydrogens (tertiary/aromatic N) is 4. The molecule has 3 rings (SSSR count). The van der Waals surface area contributed by atoms with Crippen molar-refractivity contribution >= 4 is 11.6 Å². The third-order valence-electron chi connectivity index (χ3n) is 3.68. The van der Waals surface area contributed by atoms with E-state index < -0.39 is 0 Å². The highest BCUT2D eigenvalue weighted by Crippen LogP contribution is 2.12. The summed E-state index contributed by atoms with van der Waals surface area (Å²) in [7, 11) is 3.99. The molecule has 3 aromatic rings.